The van der Waals surface area contributed by atoms with Gasteiger partial charge in [0.25, 0.3) is 0 Å². The lowest BCUT2D eigenvalue weighted by Gasteiger charge is -2.10. The van der Waals surface area contributed by atoms with Gasteiger partial charge in [0.05, 0.1) is 11.5 Å². The van der Waals surface area contributed by atoms with Crippen molar-refractivity contribution in [1.82, 2.24) is 19.5 Å². The van der Waals surface area contributed by atoms with Crippen LogP contribution in [0.1, 0.15) is 18.4 Å². The molecule has 2 N–H and O–H groups in total. The topological polar surface area (TPSA) is 128 Å². The van der Waals surface area contributed by atoms with Crippen LogP contribution < -0.4 is 16.3 Å². The van der Waals surface area contributed by atoms with Gasteiger partial charge in [-0.2, -0.15) is 4.98 Å². The molecule has 0 unspecified atom stereocenters. The Morgan fingerprint density at radius 2 is 2.11 bits per heavy atom. The first-order valence-corrected chi connectivity index (χ1v) is 8.74. The zero-order valence-electron chi connectivity index (χ0n) is 14.8. The molecule has 28 heavy (non-hydrogen) atoms. The molecule has 1 aliphatic rings. The molecule has 0 radical (unpaired) electrons. The summed E-state index contributed by atoms with van der Waals surface area (Å²) in [6.45, 7) is 0.373. The van der Waals surface area contributed by atoms with E-state index in [1.807, 2.05) is 24.3 Å². The van der Waals surface area contributed by atoms with Gasteiger partial charge < -0.3 is 10.6 Å². The molecule has 1 saturated carbocycles. The maximum absolute atomic E-state index is 11.8. The maximum Gasteiger partial charge on any atom is 0.347 e. The van der Waals surface area contributed by atoms with Gasteiger partial charge >= 0.3 is 11.4 Å². The SMILES string of the molecule is O=c1ncccn1Cc1cccc(Nc2ncc([N+](=O)[O-])c(NC3CC3)n2)c1. The number of nitrogens with one attached hydrogen (secondary N) is 2. The van der Waals surface area contributed by atoms with Crippen LogP contribution in [0.25, 0.3) is 0 Å². The largest absolute Gasteiger partial charge is 0.361 e. The molecule has 0 saturated heterocycles. The second kappa shape index (κ2) is 7.43. The summed E-state index contributed by atoms with van der Waals surface area (Å²) in [5.74, 6) is 0.465. The van der Waals surface area contributed by atoms with Gasteiger partial charge in [-0.25, -0.2) is 14.8 Å². The summed E-state index contributed by atoms with van der Waals surface area (Å²) in [7, 11) is 0. The molecule has 142 valence electrons. The minimum Gasteiger partial charge on any atom is -0.361 e. The van der Waals surface area contributed by atoms with Crippen molar-refractivity contribution >= 4 is 23.1 Å². The Morgan fingerprint density at radius 1 is 1.25 bits per heavy atom. The van der Waals surface area contributed by atoms with Crippen LogP contribution in [0.3, 0.4) is 0 Å². The fourth-order valence-corrected chi connectivity index (χ4v) is 2.68. The molecule has 3 aromatic rings. The molecular formula is C18H17N7O3. The lowest BCUT2D eigenvalue weighted by molar-refractivity contribution is -0.384. The summed E-state index contributed by atoms with van der Waals surface area (Å²) in [6.07, 6.45) is 6.26. The van der Waals surface area contributed by atoms with Crippen LogP contribution >= 0.6 is 0 Å². The highest BCUT2D eigenvalue weighted by atomic mass is 16.6. The highest BCUT2D eigenvalue weighted by molar-refractivity contribution is 5.61. The van der Waals surface area contributed by atoms with Gasteiger partial charge in [-0.1, -0.05) is 12.1 Å². The number of hydrogen-bond donors (Lipinski definition) is 2. The van der Waals surface area contributed by atoms with E-state index in [-0.39, 0.29) is 29.2 Å². The van der Waals surface area contributed by atoms with Crippen molar-refractivity contribution in [3.8, 4) is 0 Å². The van der Waals surface area contributed by atoms with Crippen molar-refractivity contribution in [1.29, 1.82) is 0 Å². The summed E-state index contributed by atoms with van der Waals surface area (Å²) in [4.78, 5) is 34.5. The second-order valence-electron chi connectivity index (χ2n) is 6.46. The van der Waals surface area contributed by atoms with E-state index in [0.717, 1.165) is 18.4 Å². The van der Waals surface area contributed by atoms with Crippen LogP contribution in [-0.2, 0) is 6.54 Å². The van der Waals surface area contributed by atoms with E-state index in [4.69, 9.17) is 0 Å². The van der Waals surface area contributed by atoms with E-state index < -0.39 is 4.92 Å². The maximum atomic E-state index is 11.8. The molecule has 10 nitrogen and oxygen atoms in total. The highest BCUT2D eigenvalue weighted by Crippen LogP contribution is 2.30. The fraction of sp³-hybridized carbons (Fsp3) is 0.222. The molecule has 0 bridgehead atoms. The quantitative estimate of drug-likeness (QED) is 0.473. The van der Waals surface area contributed by atoms with Crippen LogP contribution in [0.4, 0.5) is 23.1 Å². The molecular weight excluding hydrogens is 362 g/mol. The molecule has 0 spiro atoms. The fourth-order valence-electron chi connectivity index (χ4n) is 2.68. The average molecular weight is 379 g/mol. The van der Waals surface area contributed by atoms with Crippen molar-refractivity contribution in [2.45, 2.75) is 25.4 Å². The van der Waals surface area contributed by atoms with Crippen molar-refractivity contribution < 1.29 is 4.92 Å². The number of anilines is 3. The van der Waals surface area contributed by atoms with Gasteiger partial charge in [0.2, 0.25) is 11.8 Å². The van der Waals surface area contributed by atoms with Gasteiger partial charge in [-0.15, -0.1) is 0 Å². The molecule has 4 rings (SSSR count). The van der Waals surface area contributed by atoms with E-state index in [1.54, 1.807) is 12.3 Å². The van der Waals surface area contributed by atoms with Crippen molar-refractivity contribution in [3.05, 3.63) is 75.1 Å². The molecule has 0 amide bonds. The first-order chi connectivity index (χ1) is 13.6. The number of hydrogen-bond acceptors (Lipinski definition) is 8. The predicted octanol–water partition coefficient (Wildman–Crippen LogP) is 2.31. The smallest absolute Gasteiger partial charge is 0.347 e. The summed E-state index contributed by atoms with van der Waals surface area (Å²) in [5.41, 5.74) is 1.12. The molecule has 10 heteroatoms. The monoisotopic (exact) mass is 379 g/mol. The third kappa shape index (κ3) is 4.11. The molecule has 0 aliphatic heterocycles. The first kappa shape index (κ1) is 17.6. The third-order valence-corrected chi connectivity index (χ3v) is 4.20. The summed E-state index contributed by atoms with van der Waals surface area (Å²) in [5, 5.41) is 17.3. The Hall–Kier alpha value is -3.82. The van der Waals surface area contributed by atoms with Gasteiger partial charge in [-0.05, 0) is 36.6 Å². The zero-order valence-corrected chi connectivity index (χ0v) is 14.8. The Morgan fingerprint density at radius 3 is 2.86 bits per heavy atom. The lowest BCUT2D eigenvalue weighted by Crippen LogP contribution is -2.21. The second-order valence-corrected chi connectivity index (χ2v) is 6.46. The Balaban J connectivity index is 1.55. The third-order valence-electron chi connectivity index (χ3n) is 4.20. The first-order valence-electron chi connectivity index (χ1n) is 8.74. The van der Waals surface area contributed by atoms with Gasteiger partial charge in [-0.3, -0.25) is 14.7 Å². The number of nitro groups is 1. The molecule has 0 atom stereocenters. The lowest BCUT2D eigenvalue weighted by atomic mass is 10.2. The zero-order chi connectivity index (χ0) is 19.5. The van der Waals surface area contributed by atoms with E-state index in [0.29, 0.717) is 12.2 Å². The molecule has 1 fully saturated rings. The Kier molecular flexibility index (Phi) is 4.67. The molecule has 2 heterocycles. The predicted molar refractivity (Wildman–Crippen MR) is 103 cm³/mol. The minimum atomic E-state index is -0.499. The highest BCUT2D eigenvalue weighted by Gasteiger charge is 2.26. The van der Waals surface area contributed by atoms with E-state index in [9.17, 15) is 14.9 Å². The van der Waals surface area contributed by atoms with Crippen molar-refractivity contribution in [2.75, 3.05) is 10.6 Å². The number of rotatable bonds is 7. The van der Waals surface area contributed by atoms with Crippen molar-refractivity contribution in [3.63, 3.8) is 0 Å². The van der Waals surface area contributed by atoms with Gasteiger partial charge in [0.15, 0.2) is 0 Å². The van der Waals surface area contributed by atoms with Crippen molar-refractivity contribution in [2.24, 2.45) is 0 Å². The average Bonchev–Trinajstić information content (AvgIpc) is 3.48. The number of aromatic nitrogens is 4. The van der Waals surface area contributed by atoms with Crippen LogP contribution in [-0.4, -0.2) is 30.5 Å². The van der Waals surface area contributed by atoms with E-state index in [1.165, 1.54) is 17.0 Å². The van der Waals surface area contributed by atoms with Crippen LogP contribution in [0, 0.1) is 10.1 Å². The molecule has 1 aliphatic carbocycles. The number of benzene rings is 1. The van der Waals surface area contributed by atoms with E-state index in [2.05, 4.69) is 25.6 Å². The summed E-state index contributed by atoms with van der Waals surface area (Å²) >= 11 is 0. The minimum absolute atomic E-state index is 0.151. The van der Waals surface area contributed by atoms with Gasteiger partial charge in [0, 0.05) is 24.1 Å². The van der Waals surface area contributed by atoms with E-state index >= 15 is 0 Å². The number of nitrogens with zero attached hydrogens (tertiary/aromatic N) is 5. The Bertz CT molecular complexity index is 1080. The normalized spacial score (nSPS) is 13.1. The standard InChI is InChI=1S/C18H17N7O3/c26-18-19-7-2-8-24(18)11-12-3-1-4-14(9-12)22-17-20-10-15(25(27)28)16(23-17)21-13-5-6-13/h1-4,7-10,13H,5-6,11H2,(H2,20,21,22,23). The van der Waals surface area contributed by atoms with Gasteiger partial charge in [0.1, 0.15) is 6.20 Å². The Labute approximate surface area is 159 Å². The molecule has 2 aromatic heterocycles. The van der Waals surface area contributed by atoms with Crippen LogP contribution in [0.2, 0.25) is 0 Å². The van der Waals surface area contributed by atoms with Crippen LogP contribution in [0.5, 0.6) is 0 Å². The van der Waals surface area contributed by atoms with Crippen LogP contribution in [0.15, 0.2) is 53.7 Å². The summed E-state index contributed by atoms with van der Waals surface area (Å²) in [6, 6.07) is 9.34. The summed E-state index contributed by atoms with van der Waals surface area (Å²) < 4.78 is 1.50. The molecule has 1 aromatic carbocycles.